The van der Waals surface area contributed by atoms with Gasteiger partial charge in [-0.1, -0.05) is 50.9 Å². The third kappa shape index (κ3) is 4.03. The van der Waals surface area contributed by atoms with Crippen LogP contribution in [0, 0.1) is 3.57 Å². The van der Waals surface area contributed by atoms with Crippen molar-refractivity contribution < 1.29 is 0 Å². The van der Waals surface area contributed by atoms with Gasteiger partial charge in [0.1, 0.15) is 0 Å². The van der Waals surface area contributed by atoms with Crippen LogP contribution in [0.25, 0.3) is 0 Å². The van der Waals surface area contributed by atoms with Gasteiger partial charge in [-0.25, -0.2) is 0 Å². The number of hydrogen-bond acceptors (Lipinski definition) is 1. The minimum Gasteiger partial charge on any atom is -0.306 e. The molecule has 0 saturated heterocycles. The fourth-order valence-corrected chi connectivity index (χ4v) is 3.29. The predicted molar refractivity (Wildman–Crippen MR) is 96.5 cm³/mol. The molecule has 0 aliphatic carbocycles. The molecular formula is C15H14Br2IN. The Hall–Kier alpha value is 0.0900. The molecule has 2 rings (SSSR count). The largest absolute Gasteiger partial charge is 0.306 e. The van der Waals surface area contributed by atoms with E-state index in [4.69, 9.17) is 0 Å². The summed E-state index contributed by atoms with van der Waals surface area (Å²) in [6, 6.07) is 15.1. The van der Waals surface area contributed by atoms with E-state index in [1.807, 2.05) is 0 Å². The first-order valence-corrected chi connectivity index (χ1v) is 8.72. The highest BCUT2D eigenvalue weighted by atomic mass is 127. The molecule has 1 atom stereocenters. The molecule has 0 aliphatic rings. The Morgan fingerprint density at radius 1 is 1.05 bits per heavy atom. The summed E-state index contributed by atoms with van der Waals surface area (Å²) < 4.78 is 3.49. The summed E-state index contributed by atoms with van der Waals surface area (Å²) in [5, 5.41) is 3.56. The fraction of sp³-hybridized carbons (Fsp3) is 0.200. The molecule has 0 radical (unpaired) electrons. The van der Waals surface area contributed by atoms with Crippen molar-refractivity contribution >= 4 is 54.5 Å². The molecule has 0 spiro atoms. The van der Waals surface area contributed by atoms with Crippen LogP contribution in [0.5, 0.6) is 0 Å². The number of benzene rings is 2. The van der Waals surface area contributed by atoms with Gasteiger partial charge in [0, 0.05) is 12.5 Å². The highest BCUT2D eigenvalue weighted by Gasteiger charge is 2.16. The van der Waals surface area contributed by atoms with Gasteiger partial charge in [-0.15, -0.1) is 0 Å². The molecule has 0 aliphatic heterocycles. The summed E-state index contributed by atoms with van der Waals surface area (Å²) in [7, 11) is 0. The zero-order chi connectivity index (χ0) is 13.8. The van der Waals surface area contributed by atoms with Crippen LogP contribution in [0.2, 0.25) is 0 Å². The van der Waals surface area contributed by atoms with Gasteiger partial charge in [0.25, 0.3) is 0 Å². The fourth-order valence-electron chi connectivity index (χ4n) is 2.00. The topological polar surface area (TPSA) is 12.0 Å². The van der Waals surface area contributed by atoms with Crippen LogP contribution < -0.4 is 5.32 Å². The molecule has 2 aromatic carbocycles. The molecule has 0 saturated carbocycles. The Kier molecular flexibility index (Phi) is 5.87. The van der Waals surface area contributed by atoms with Gasteiger partial charge in [-0.3, -0.25) is 0 Å². The van der Waals surface area contributed by atoms with Crippen LogP contribution in [-0.4, -0.2) is 6.54 Å². The lowest BCUT2D eigenvalue weighted by molar-refractivity contribution is 0.628. The van der Waals surface area contributed by atoms with E-state index >= 15 is 0 Å². The maximum absolute atomic E-state index is 3.56. The molecule has 0 fully saturated rings. The molecule has 19 heavy (non-hydrogen) atoms. The van der Waals surface area contributed by atoms with E-state index in [1.54, 1.807) is 0 Å². The van der Waals surface area contributed by atoms with Gasteiger partial charge < -0.3 is 5.32 Å². The summed E-state index contributed by atoms with van der Waals surface area (Å²) in [5.74, 6) is 0. The van der Waals surface area contributed by atoms with Crippen molar-refractivity contribution in [2.45, 2.75) is 13.0 Å². The lowest BCUT2D eigenvalue weighted by Gasteiger charge is -2.20. The molecule has 2 aromatic rings. The standard InChI is InChI=1S/C15H14Br2IN/c1-2-19-15(10-3-5-11(16)6-4-10)13-9-12(17)7-8-14(13)18/h3-9,15,19H,2H2,1H3. The van der Waals surface area contributed by atoms with Crippen LogP contribution in [-0.2, 0) is 0 Å². The van der Waals surface area contributed by atoms with Crippen molar-refractivity contribution in [3.63, 3.8) is 0 Å². The summed E-state index contributed by atoms with van der Waals surface area (Å²) in [6.07, 6.45) is 0. The van der Waals surface area contributed by atoms with Gasteiger partial charge in [0.15, 0.2) is 0 Å². The second-order valence-electron chi connectivity index (χ2n) is 4.21. The van der Waals surface area contributed by atoms with Gasteiger partial charge in [0.2, 0.25) is 0 Å². The Morgan fingerprint density at radius 3 is 2.32 bits per heavy atom. The number of hydrogen-bond donors (Lipinski definition) is 1. The number of halogens is 3. The van der Waals surface area contributed by atoms with Crippen molar-refractivity contribution in [1.82, 2.24) is 5.32 Å². The maximum Gasteiger partial charge on any atom is 0.0587 e. The highest BCUT2D eigenvalue weighted by Crippen LogP contribution is 2.29. The molecule has 1 unspecified atom stereocenters. The third-order valence-corrected chi connectivity index (χ3v) is 4.88. The highest BCUT2D eigenvalue weighted by molar-refractivity contribution is 14.1. The van der Waals surface area contributed by atoms with Crippen LogP contribution in [0.3, 0.4) is 0 Å². The first kappa shape index (κ1) is 15.5. The van der Waals surface area contributed by atoms with Gasteiger partial charge in [-0.05, 0) is 70.6 Å². The van der Waals surface area contributed by atoms with Crippen LogP contribution in [0.1, 0.15) is 24.1 Å². The summed E-state index contributed by atoms with van der Waals surface area (Å²) in [6.45, 7) is 3.07. The number of nitrogens with one attached hydrogen (secondary N) is 1. The molecule has 1 nitrogen and oxygen atoms in total. The smallest absolute Gasteiger partial charge is 0.0587 e. The SMILES string of the molecule is CCNC(c1ccc(Br)cc1)c1cc(Br)ccc1I. The van der Waals surface area contributed by atoms with E-state index in [-0.39, 0.29) is 6.04 Å². The van der Waals surface area contributed by atoms with Crippen LogP contribution >= 0.6 is 54.5 Å². The van der Waals surface area contributed by atoms with Crippen molar-refractivity contribution in [1.29, 1.82) is 0 Å². The van der Waals surface area contributed by atoms with Crippen molar-refractivity contribution in [3.8, 4) is 0 Å². The second-order valence-corrected chi connectivity index (χ2v) is 7.20. The van der Waals surface area contributed by atoms with Gasteiger partial charge >= 0.3 is 0 Å². The van der Waals surface area contributed by atoms with Gasteiger partial charge in [0.05, 0.1) is 6.04 Å². The van der Waals surface area contributed by atoms with Crippen molar-refractivity contribution in [2.24, 2.45) is 0 Å². The zero-order valence-corrected chi connectivity index (χ0v) is 15.8. The maximum atomic E-state index is 3.56. The van der Waals surface area contributed by atoms with E-state index in [0.717, 1.165) is 15.5 Å². The minimum absolute atomic E-state index is 0.225. The minimum atomic E-state index is 0.225. The summed E-state index contributed by atoms with van der Waals surface area (Å²) in [4.78, 5) is 0. The molecule has 0 bridgehead atoms. The van der Waals surface area contributed by atoms with E-state index in [1.165, 1.54) is 14.7 Å². The van der Waals surface area contributed by atoms with Gasteiger partial charge in [-0.2, -0.15) is 0 Å². The monoisotopic (exact) mass is 493 g/mol. The summed E-state index contributed by atoms with van der Waals surface area (Å²) >= 11 is 9.44. The zero-order valence-electron chi connectivity index (χ0n) is 10.5. The first-order chi connectivity index (χ1) is 9.11. The third-order valence-electron chi connectivity index (χ3n) is 2.88. The lowest BCUT2D eigenvalue weighted by Crippen LogP contribution is -2.22. The van der Waals surface area contributed by atoms with E-state index in [0.29, 0.717) is 0 Å². The Labute approximate surface area is 144 Å². The molecule has 0 amide bonds. The molecule has 0 heterocycles. The molecule has 100 valence electrons. The Bertz CT molecular complexity index is 555. The Morgan fingerprint density at radius 2 is 1.68 bits per heavy atom. The van der Waals surface area contributed by atoms with E-state index in [2.05, 4.69) is 109 Å². The quantitative estimate of drug-likeness (QED) is 0.552. The second kappa shape index (κ2) is 7.20. The van der Waals surface area contributed by atoms with Crippen molar-refractivity contribution in [3.05, 3.63) is 66.1 Å². The summed E-state index contributed by atoms with van der Waals surface area (Å²) in [5.41, 5.74) is 2.58. The van der Waals surface area contributed by atoms with Crippen LogP contribution in [0.15, 0.2) is 51.4 Å². The normalized spacial score (nSPS) is 12.4. The van der Waals surface area contributed by atoms with Crippen LogP contribution in [0.4, 0.5) is 0 Å². The molecule has 1 N–H and O–H groups in total. The molecular weight excluding hydrogens is 481 g/mol. The van der Waals surface area contributed by atoms with Crippen molar-refractivity contribution in [2.75, 3.05) is 6.54 Å². The van der Waals surface area contributed by atoms with E-state index in [9.17, 15) is 0 Å². The molecule has 0 aromatic heterocycles. The molecule has 4 heteroatoms. The average molecular weight is 495 g/mol. The first-order valence-electron chi connectivity index (χ1n) is 6.05. The predicted octanol–water partition coefficient (Wildman–Crippen LogP) is 5.52. The lowest BCUT2D eigenvalue weighted by atomic mass is 9.99. The van der Waals surface area contributed by atoms with E-state index < -0.39 is 0 Å². The Balaban J connectivity index is 2.44. The average Bonchev–Trinajstić information content (AvgIpc) is 2.40. The number of rotatable bonds is 4.